The lowest BCUT2D eigenvalue weighted by Gasteiger charge is -2.41. The molecule has 100 valence electrons. The van der Waals surface area contributed by atoms with Crippen molar-refractivity contribution in [3.63, 3.8) is 0 Å². The molecule has 1 aromatic rings. The summed E-state index contributed by atoms with van der Waals surface area (Å²) in [5.74, 6) is 0. The van der Waals surface area contributed by atoms with E-state index < -0.39 is 0 Å². The van der Waals surface area contributed by atoms with Crippen molar-refractivity contribution in [2.24, 2.45) is 0 Å². The summed E-state index contributed by atoms with van der Waals surface area (Å²) in [6.07, 6.45) is 5.41. The predicted octanol–water partition coefficient (Wildman–Crippen LogP) is 4.71. The van der Waals surface area contributed by atoms with Crippen molar-refractivity contribution >= 4 is 0 Å². The molecule has 1 aliphatic heterocycles. The van der Waals surface area contributed by atoms with E-state index in [9.17, 15) is 0 Å². The molecule has 1 heteroatoms. The number of hydrogen-bond donors (Lipinski definition) is 0. The van der Waals surface area contributed by atoms with Gasteiger partial charge >= 0.3 is 0 Å². The highest BCUT2D eigenvalue weighted by molar-refractivity contribution is 5.29. The van der Waals surface area contributed by atoms with Crippen LogP contribution in [0, 0.1) is 6.92 Å². The van der Waals surface area contributed by atoms with Crippen LogP contribution in [0.5, 0.6) is 0 Å². The molecule has 1 aromatic carbocycles. The molecule has 1 nitrogen and oxygen atoms in total. The molecular formula is C17H27N. The standard InChI is InChI=1S/C17H27N/c1-14-10-7-8-11-15(14)16-12-6-5-9-13-18(16)17(2,3)4/h7-8,10-11,16H,5-6,9,12-13H2,1-4H3. The van der Waals surface area contributed by atoms with E-state index in [0.29, 0.717) is 6.04 Å². The summed E-state index contributed by atoms with van der Waals surface area (Å²) < 4.78 is 0. The van der Waals surface area contributed by atoms with Gasteiger partial charge < -0.3 is 0 Å². The predicted molar refractivity (Wildman–Crippen MR) is 78.8 cm³/mol. The molecule has 0 N–H and O–H groups in total. The third kappa shape index (κ3) is 2.95. The van der Waals surface area contributed by atoms with E-state index >= 15 is 0 Å². The molecule has 0 radical (unpaired) electrons. The van der Waals surface area contributed by atoms with Gasteiger partial charge in [-0.3, -0.25) is 4.90 Å². The van der Waals surface area contributed by atoms with Crippen molar-refractivity contribution < 1.29 is 0 Å². The van der Waals surface area contributed by atoms with Crippen molar-refractivity contribution in [1.29, 1.82) is 0 Å². The third-order valence-electron chi connectivity index (χ3n) is 4.16. The van der Waals surface area contributed by atoms with Gasteiger partial charge in [-0.05, 0) is 58.2 Å². The van der Waals surface area contributed by atoms with Crippen LogP contribution in [0.3, 0.4) is 0 Å². The Morgan fingerprint density at radius 1 is 1.06 bits per heavy atom. The van der Waals surface area contributed by atoms with Gasteiger partial charge in [0.25, 0.3) is 0 Å². The lowest BCUT2D eigenvalue weighted by Crippen LogP contribution is -2.43. The molecule has 1 saturated heterocycles. The monoisotopic (exact) mass is 245 g/mol. The second kappa shape index (κ2) is 5.44. The largest absolute Gasteiger partial charge is 0.291 e. The Morgan fingerprint density at radius 3 is 2.44 bits per heavy atom. The highest BCUT2D eigenvalue weighted by atomic mass is 15.2. The average molecular weight is 245 g/mol. The maximum Gasteiger partial charge on any atom is 0.0355 e. The first-order valence-electron chi connectivity index (χ1n) is 7.32. The summed E-state index contributed by atoms with van der Waals surface area (Å²) in [5.41, 5.74) is 3.24. The van der Waals surface area contributed by atoms with Crippen LogP contribution < -0.4 is 0 Å². The molecule has 1 unspecified atom stereocenters. The van der Waals surface area contributed by atoms with Crippen LogP contribution in [-0.2, 0) is 0 Å². The van der Waals surface area contributed by atoms with E-state index in [-0.39, 0.29) is 5.54 Å². The van der Waals surface area contributed by atoms with Gasteiger partial charge in [-0.15, -0.1) is 0 Å². The van der Waals surface area contributed by atoms with E-state index in [2.05, 4.69) is 56.9 Å². The SMILES string of the molecule is Cc1ccccc1C1CCCCCN1C(C)(C)C. The van der Waals surface area contributed by atoms with Crippen molar-refractivity contribution in [2.75, 3.05) is 6.54 Å². The minimum atomic E-state index is 0.261. The summed E-state index contributed by atoms with van der Waals surface area (Å²) in [6, 6.07) is 9.52. The van der Waals surface area contributed by atoms with E-state index in [1.807, 2.05) is 0 Å². The number of benzene rings is 1. The highest BCUT2D eigenvalue weighted by Crippen LogP contribution is 2.36. The number of nitrogens with zero attached hydrogens (tertiary/aromatic N) is 1. The minimum absolute atomic E-state index is 0.261. The molecule has 2 rings (SSSR count). The fourth-order valence-corrected chi connectivity index (χ4v) is 3.20. The molecule has 0 aliphatic carbocycles. The van der Waals surface area contributed by atoms with Gasteiger partial charge in [-0.1, -0.05) is 37.1 Å². The molecular weight excluding hydrogens is 218 g/mol. The fourth-order valence-electron chi connectivity index (χ4n) is 3.20. The van der Waals surface area contributed by atoms with E-state index in [0.717, 1.165) is 0 Å². The Kier molecular flexibility index (Phi) is 4.11. The van der Waals surface area contributed by atoms with Crippen molar-refractivity contribution in [1.82, 2.24) is 4.90 Å². The Morgan fingerprint density at radius 2 is 1.78 bits per heavy atom. The summed E-state index contributed by atoms with van der Waals surface area (Å²) in [5, 5.41) is 0. The maximum absolute atomic E-state index is 2.71. The van der Waals surface area contributed by atoms with Crippen molar-refractivity contribution in [2.45, 2.75) is 65.0 Å². The Bertz CT molecular complexity index is 389. The first-order valence-corrected chi connectivity index (χ1v) is 7.32. The molecule has 0 bridgehead atoms. The topological polar surface area (TPSA) is 3.24 Å². The first-order chi connectivity index (χ1) is 8.50. The summed E-state index contributed by atoms with van der Waals surface area (Å²) in [6.45, 7) is 10.5. The van der Waals surface area contributed by atoms with Crippen LogP contribution in [0.1, 0.15) is 63.6 Å². The Balaban J connectivity index is 2.34. The molecule has 0 saturated carbocycles. The lowest BCUT2D eigenvalue weighted by atomic mass is 9.93. The van der Waals surface area contributed by atoms with Crippen LogP contribution in [0.25, 0.3) is 0 Å². The fraction of sp³-hybridized carbons (Fsp3) is 0.647. The van der Waals surface area contributed by atoms with Crippen molar-refractivity contribution in [3.8, 4) is 0 Å². The molecule has 1 fully saturated rings. The Labute approximate surface area is 112 Å². The number of rotatable bonds is 1. The van der Waals surface area contributed by atoms with E-state index in [1.165, 1.54) is 43.4 Å². The van der Waals surface area contributed by atoms with Crippen LogP contribution >= 0.6 is 0 Å². The van der Waals surface area contributed by atoms with Crippen LogP contribution in [0.15, 0.2) is 24.3 Å². The first kappa shape index (κ1) is 13.6. The van der Waals surface area contributed by atoms with Gasteiger partial charge in [0.2, 0.25) is 0 Å². The zero-order valence-electron chi connectivity index (χ0n) is 12.4. The van der Waals surface area contributed by atoms with Crippen LogP contribution in [0.2, 0.25) is 0 Å². The lowest BCUT2D eigenvalue weighted by molar-refractivity contribution is 0.0841. The van der Waals surface area contributed by atoms with Crippen molar-refractivity contribution in [3.05, 3.63) is 35.4 Å². The van der Waals surface area contributed by atoms with E-state index in [1.54, 1.807) is 0 Å². The Hall–Kier alpha value is -0.820. The molecule has 0 amide bonds. The second-order valence-electron chi connectivity index (χ2n) is 6.59. The third-order valence-corrected chi connectivity index (χ3v) is 4.16. The quantitative estimate of drug-likeness (QED) is 0.692. The van der Waals surface area contributed by atoms with Gasteiger partial charge in [-0.2, -0.15) is 0 Å². The van der Waals surface area contributed by atoms with Gasteiger partial charge in [0.05, 0.1) is 0 Å². The number of likely N-dealkylation sites (tertiary alicyclic amines) is 1. The zero-order valence-corrected chi connectivity index (χ0v) is 12.4. The molecule has 0 aromatic heterocycles. The normalized spacial score (nSPS) is 22.8. The van der Waals surface area contributed by atoms with Gasteiger partial charge in [0.1, 0.15) is 0 Å². The molecule has 1 heterocycles. The molecule has 1 aliphatic rings. The second-order valence-corrected chi connectivity index (χ2v) is 6.59. The maximum atomic E-state index is 2.71. The summed E-state index contributed by atoms with van der Waals surface area (Å²) in [4.78, 5) is 2.71. The highest BCUT2D eigenvalue weighted by Gasteiger charge is 2.31. The van der Waals surface area contributed by atoms with Crippen LogP contribution in [-0.4, -0.2) is 17.0 Å². The minimum Gasteiger partial charge on any atom is -0.291 e. The average Bonchev–Trinajstić information content (AvgIpc) is 2.54. The van der Waals surface area contributed by atoms with E-state index in [4.69, 9.17) is 0 Å². The number of hydrogen-bond acceptors (Lipinski definition) is 1. The summed E-state index contributed by atoms with van der Waals surface area (Å²) >= 11 is 0. The van der Waals surface area contributed by atoms with Crippen LogP contribution in [0.4, 0.5) is 0 Å². The summed E-state index contributed by atoms with van der Waals surface area (Å²) in [7, 11) is 0. The molecule has 1 atom stereocenters. The number of aryl methyl sites for hydroxylation is 1. The zero-order chi connectivity index (χ0) is 13.2. The van der Waals surface area contributed by atoms with Gasteiger partial charge in [-0.25, -0.2) is 0 Å². The molecule has 0 spiro atoms. The van der Waals surface area contributed by atoms with Gasteiger partial charge in [0.15, 0.2) is 0 Å². The smallest absolute Gasteiger partial charge is 0.0355 e. The van der Waals surface area contributed by atoms with Gasteiger partial charge in [0, 0.05) is 11.6 Å². The molecule has 18 heavy (non-hydrogen) atoms.